The van der Waals surface area contributed by atoms with Crippen molar-refractivity contribution in [2.75, 3.05) is 5.45 Å². The highest BCUT2D eigenvalue weighted by molar-refractivity contribution is 9.09. The molecule has 0 aromatic heterocycles. The van der Waals surface area contributed by atoms with Gasteiger partial charge in [-0.3, -0.25) is 0 Å². The van der Waals surface area contributed by atoms with E-state index in [9.17, 15) is 0 Å². The van der Waals surface area contributed by atoms with Crippen molar-refractivity contribution < 1.29 is 0 Å². The van der Waals surface area contributed by atoms with Crippen LogP contribution in [0.1, 0.15) is 49.1 Å². The maximum absolute atomic E-state index is 3.37. The molecule has 1 aromatic rings. The van der Waals surface area contributed by atoms with Gasteiger partial charge in [0.15, 0.2) is 0 Å². The second-order valence-electron chi connectivity index (χ2n) is 4.64. The smallest absolute Gasteiger partial charge is 0.0519 e. The topological polar surface area (TPSA) is 12.0 Å². The van der Waals surface area contributed by atoms with E-state index in [0.29, 0.717) is 0 Å². The molecule has 0 saturated heterocycles. The lowest BCUT2D eigenvalue weighted by Gasteiger charge is -2.22. The second-order valence-corrected chi connectivity index (χ2v) is 5.20. The molecule has 88 valence electrons. The van der Waals surface area contributed by atoms with Gasteiger partial charge in [0.2, 0.25) is 0 Å². The first kappa shape index (κ1) is 12.1. The standard InChI is InChI=1S/C14H20BrN/c15-11-16-10-12-6-8-14(9-7-12)13-4-2-1-3-5-13/h6-9,13,16H,1-5,10-11H2. The summed E-state index contributed by atoms with van der Waals surface area (Å²) in [5.41, 5.74) is 3.78. The molecule has 2 heteroatoms. The fourth-order valence-corrected chi connectivity index (χ4v) is 2.73. The van der Waals surface area contributed by atoms with Crippen LogP contribution in [-0.2, 0) is 6.54 Å². The molecule has 0 atom stereocenters. The summed E-state index contributed by atoms with van der Waals surface area (Å²) in [6.07, 6.45) is 7.04. The first-order valence-corrected chi connectivity index (χ1v) is 7.38. The second kappa shape index (κ2) is 6.41. The van der Waals surface area contributed by atoms with Crippen molar-refractivity contribution in [2.45, 2.75) is 44.6 Å². The molecule has 0 aliphatic heterocycles. The fraction of sp³-hybridized carbons (Fsp3) is 0.571. The van der Waals surface area contributed by atoms with Gasteiger partial charge in [-0.2, -0.15) is 0 Å². The third-order valence-electron chi connectivity index (χ3n) is 3.48. The van der Waals surface area contributed by atoms with E-state index in [0.717, 1.165) is 17.9 Å². The maximum Gasteiger partial charge on any atom is 0.0519 e. The van der Waals surface area contributed by atoms with E-state index < -0.39 is 0 Å². The zero-order valence-corrected chi connectivity index (χ0v) is 11.3. The van der Waals surface area contributed by atoms with Gasteiger partial charge in [0.25, 0.3) is 0 Å². The number of rotatable bonds is 4. The summed E-state index contributed by atoms with van der Waals surface area (Å²) in [5, 5.41) is 3.28. The quantitative estimate of drug-likeness (QED) is 0.645. The first-order valence-electron chi connectivity index (χ1n) is 6.25. The van der Waals surface area contributed by atoms with Crippen LogP contribution in [0.15, 0.2) is 24.3 Å². The molecule has 0 amide bonds. The molecule has 1 N–H and O–H groups in total. The van der Waals surface area contributed by atoms with Gasteiger partial charge in [0.05, 0.1) is 5.45 Å². The van der Waals surface area contributed by atoms with Crippen molar-refractivity contribution in [3.63, 3.8) is 0 Å². The van der Waals surface area contributed by atoms with Gasteiger partial charge in [0, 0.05) is 6.54 Å². The maximum atomic E-state index is 3.37. The minimum absolute atomic E-state index is 0.826. The average Bonchev–Trinajstić information content (AvgIpc) is 2.38. The number of nitrogens with one attached hydrogen (secondary N) is 1. The Morgan fingerprint density at radius 2 is 1.75 bits per heavy atom. The number of halogens is 1. The molecule has 1 aliphatic carbocycles. The molecule has 1 fully saturated rings. The number of alkyl halides is 1. The largest absolute Gasteiger partial charge is 0.303 e. The summed E-state index contributed by atoms with van der Waals surface area (Å²) >= 11 is 3.37. The van der Waals surface area contributed by atoms with Gasteiger partial charge in [-0.15, -0.1) is 0 Å². The Balaban J connectivity index is 1.95. The van der Waals surface area contributed by atoms with E-state index in [1.165, 1.54) is 37.7 Å². The predicted molar refractivity (Wildman–Crippen MR) is 72.9 cm³/mol. The van der Waals surface area contributed by atoms with Gasteiger partial charge in [-0.05, 0) is 29.9 Å². The van der Waals surface area contributed by atoms with Crippen LogP contribution in [-0.4, -0.2) is 5.45 Å². The fourth-order valence-electron chi connectivity index (χ4n) is 2.54. The zero-order valence-electron chi connectivity index (χ0n) is 9.71. The zero-order chi connectivity index (χ0) is 11.2. The summed E-state index contributed by atoms with van der Waals surface area (Å²) in [7, 11) is 0. The Hall–Kier alpha value is -0.340. The summed E-state index contributed by atoms with van der Waals surface area (Å²) in [5.74, 6) is 0.826. The molecular formula is C14H20BrN. The summed E-state index contributed by atoms with van der Waals surface area (Å²) < 4.78 is 0. The Kier molecular flexibility index (Phi) is 4.86. The van der Waals surface area contributed by atoms with E-state index in [1.807, 2.05) is 0 Å². The Morgan fingerprint density at radius 1 is 1.06 bits per heavy atom. The van der Waals surface area contributed by atoms with Crippen LogP contribution in [0.5, 0.6) is 0 Å². The third-order valence-corrected chi connectivity index (χ3v) is 3.88. The molecule has 0 unspecified atom stereocenters. The van der Waals surface area contributed by atoms with Crippen LogP contribution in [0.4, 0.5) is 0 Å². The number of hydrogen-bond donors (Lipinski definition) is 1. The number of hydrogen-bond acceptors (Lipinski definition) is 1. The lowest BCUT2D eigenvalue weighted by Crippen LogP contribution is -2.10. The van der Waals surface area contributed by atoms with E-state index in [1.54, 1.807) is 5.56 Å². The molecule has 0 radical (unpaired) electrons. The van der Waals surface area contributed by atoms with Crippen LogP contribution >= 0.6 is 15.9 Å². The lowest BCUT2D eigenvalue weighted by molar-refractivity contribution is 0.443. The third kappa shape index (κ3) is 3.33. The van der Waals surface area contributed by atoms with Gasteiger partial charge < -0.3 is 5.32 Å². The van der Waals surface area contributed by atoms with Crippen LogP contribution in [0.25, 0.3) is 0 Å². The van der Waals surface area contributed by atoms with Crippen molar-refractivity contribution in [3.05, 3.63) is 35.4 Å². The van der Waals surface area contributed by atoms with Gasteiger partial charge in [-0.1, -0.05) is 59.5 Å². The highest BCUT2D eigenvalue weighted by Crippen LogP contribution is 2.32. The molecule has 2 rings (SSSR count). The van der Waals surface area contributed by atoms with Crippen molar-refractivity contribution in [2.24, 2.45) is 0 Å². The van der Waals surface area contributed by atoms with Crippen LogP contribution in [0.2, 0.25) is 0 Å². The van der Waals surface area contributed by atoms with E-state index in [-0.39, 0.29) is 0 Å². The first-order chi connectivity index (χ1) is 7.90. The summed E-state index contributed by atoms with van der Waals surface area (Å²) in [6.45, 7) is 0.955. The van der Waals surface area contributed by atoms with Crippen LogP contribution in [0.3, 0.4) is 0 Å². The monoisotopic (exact) mass is 281 g/mol. The van der Waals surface area contributed by atoms with Gasteiger partial charge in [0.1, 0.15) is 0 Å². The van der Waals surface area contributed by atoms with Crippen LogP contribution < -0.4 is 5.32 Å². The van der Waals surface area contributed by atoms with Crippen molar-refractivity contribution in [1.29, 1.82) is 0 Å². The summed E-state index contributed by atoms with van der Waals surface area (Å²) in [6, 6.07) is 9.17. The predicted octanol–water partition coefficient (Wildman–Crippen LogP) is 4.18. The minimum atomic E-state index is 0.826. The van der Waals surface area contributed by atoms with Crippen molar-refractivity contribution in [3.8, 4) is 0 Å². The molecular weight excluding hydrogens is 262 g/mol. The molecule has 0 heterocycles. The molecule has 0 bridgehead atoms. The van der Waals surface area contributed by atoms with Gasteiger partial charge in [-0.25, -0.2) is 0 Å². The average molecular weight is 282 g/mol. The molecule has 1 aliphatic rings. The normalized spacial score (nSPS) is 17.6. The van der Waals surface area contributed by atoms with Crippen molar-refractivity contribution >= 4 is 15.9 Å². The molecule has 16 heavy (non-hydrogen) atoms. The Bertz CT molecular complexity index is 301. The van der Waals surface area contributed by atoms with Gasteiger partial charge >= 0.3 is 0 Å². The molecule has 0 spiro atoms. The van der Waals surface area contributed by atoms with E-state index in [4.69, 9.17) is 0 Å². The minimum Gasteiger partial charge on any atom is -0.303 e. The highest BCUT2D eigenvalue weighted by atomic mass is 79.9. The molecule has 1 saturated carbocycles. The Labute approximate surface area is 107 Å². The van der Waals surface area contributed by atoms with Crippen molar-refractivity contribution in [1.82, 2.24) is 5.32 Å². The highest BCUT2D eigenvalue weighted by Gasteiger charge is 2.14. The van der Waals surface area contributed by atoms with Crippen LogP contribution in [0, 0.1) is 0 Å². The molecule has 1 aromatic carbocycles. The molecule has 1 nitrogen and oxygen atoms in total. The Morgan fingerprint density at radius 3 is 2.38 bits per heavy atom. The SMILES string of the molecule is BrCNCc1ccc(C2CCCCC2)cc1. The lowest BCUT2D eigenvalue weighted by atomic mass is 9.84. The number of benzene rings is 1. The van der Waals surface area contributed by atoms with E-state index >= 15 is 0 Å². The van der Waals surface area contributed by atoms with E-state index in [2.05, 4.69) is 45.5 Å². The summed E-state index contributed by atoms with van der Waals surface area (Å²) in [4.78, 5) is 0.